The number of rotatable bonds is 7. The van der Waals surface area contributed by atoms with Crippen molar-refractivity contribution in [1.82, 2.24) is 0 Å². The van der Waals surface area contributed by atoms with Gasteiger partial charge in [0.15, 0.2) is 0 Å². The van der Waals surface area contributed by atoms with Crippen LogP contribution in [0, 0.1) is 6.92 Å². The minimum atomic E-state index is -0.811. The molecule has 0 heterocycles. The summed E-state index contributed by atoms with van der Waals surface area (Å²) in [4.78, 5) is 10.4. The van der Waals surface area contributed by atoms with Crippen LogP contribution in [0.2, 0.25) is 0 Å². The Kier molecular flexibility index (Phi) is 5.07. The number of carboxylic acids is 1. The Morgan fingerprint density at radius 1 is 1.59 bits per heavy atom. The number of aryl methyl sites for hydroxylation is 1. The van der Waals surface area contributed by atoms with Crippen molar-refractivity contribution in [1.29, 1.82) is 0 Å². The number of nitrogens with one attached hydrogen (secondary N) is 1. The van der Waals surface area contributed by atoms with E-state index in [1.807, 2.05) is 25.1 Å². The van der Waals surface area contributed by atoms with E-state index in [1.54, 1.807) is 6.08 Å². The molecular formula is C13H17NO3. The maximum atomic E-state index is 10.4. The third kappa shape index (κ3) is 4.59. The fraction of sp³-hybridized carbons (Fsp3) is 0.308. The van der Waals surface area contributed by atoms with Gasteiger partial charge in [0.25, 0.3) is 0 Å². The zero-order chi connectivity index (χ0) is 12.7. The van der Waals surface area contributed by atoms with Gasteiger partial charge in [-0.05, 0) is 18.6 Å². The van der Waals surface area contributed by atoms with E-state index in [4.69, 9.17) is 9.84 Å². The molecule has 92 valence electrons. The number of anilines is 1. The standard InChI is InChI=1S/C13H17NO3/c1-3-8-17-11-5-4-10(2)12(9-11)14-7-6-13(15)16/h3-5,9,14H,1,6-8H2,2H3,(H,15,16). The third-order valence-electron chi connectivity index (χ3n) is 2.23. The fourth-order valence-electron chi connectivity index (χ4n) is 1.34. The Morgan fingerprint density at radius 2 is 2.35 bits per heavy atom. The lowest BCUT2D eigenvalue weighted by Crippen LogP contribution is -2.08. The van der Waals surface area contributed by atoms with Crippen molar-refractivity contribution in [2.24, 2.45) is 0 Å². The molecule has 4 nitrogen and oxygen atoms in total. The van der Waals surface area contributed by atoms with Crippen LogP contribution in [0.3, 0.4) is 0 Å². The highest BCUT2D eigenvalue weighted by atomic mass is 16.5. The number of hydrogen-bond acceptors (Lipinski definition) is 3. The molecule has 0 aromatic heterocycles. The monoisotopic (exact) mass is 235 g/mol. The summed E-state index contributed by atoms with van der Waals surface area (Å²) >= 11 is 0. The van der Waals surface area contributed by atoms with Gasteiger partial charge in [0, 0.05) is 18.3 Å². The Labute approximate surface area is 101 Å². The molecule has 0 aliphatic rings. The van der Waals surface area contributed by atoms with Gasteiger partial charge < -0.3 is 15.2 Å². The van der Waals surface area contributed by atoms with E-state index >= 15 is 0 Å². The van der Waals surface area contributed by atoms with Crippen LogP contribution in [0.5, 0.6) is 5.75 Å². The van der Waals surface area contributed by atoms with Crippen LogP contribution in [0.1, 0.15) is 12.0 Å². The molecule has 0 spiro atoms. The molecule has 0 fully saturated rings. The van der Waals surface area contributed by atoms with Crippen molar-refractivity contribution in [3.63, 3.8) is 0 Å². The minimum Gasteiger partial charge on any atom is -0.489 e. The van der Waals surface area contributed by atoms with Crippen molar-refractivity contribution in [2.45, 2.75) is 13.3 Å². The first kappa shape index (κ1) is 13.1. The molecule has 4 heteroatoms. The van der Waals surface area contributed by atoms with Gasteiger partial charge in [0.05, 0.1) is 6.42 Å². The van der Waals surface area contributed by atoms with Crippen LogP contribution in [0.25, 0.3) is 0 Å². The number of carboxylic acid groups (broad SMARTS) is 1. The summed E-state index contributed by atoms with van der Waals surface area (Å²) in [5.41, 5.74) is 1.95. The molecule has 0 atom stereocenters. The van der Waals surface area contributed by atoms with Gasteiger partial charge in [-0.15, -0.1) is 0 Å². The lowest BCUT2D eigenvalue weighted by atomic mass is 10.2. The van der Waals surface area contributed by atoms with Gasteiger partial charge in [0.2, 0.25) is 0 Å². The summed E-state index contributed by atoms with van der Waals surface area (Å²) in [6, 6.07) is 5.67. The SMILES string of the molecule is C=CCOc1ccc(C)c(NCCC(=O)O)c1. The zero-order valence-electron chi connectivity index (χ0n) is 9.90. The van der Waals surface area contributed by atoms with E-state index in [-0.39, 0.29) is 6.42 Å². The van der Waals surface area contributed by atoms with Crippen molar-refractivity contribution in [3.8, 4) is 5.75 Å². The molecule has 1 rings (SSSR count). The quantitative estimate of drug-likeness (QED) is 0.713. The Hall–Kier alpha value is -1.97. The summed E-state index contributed by atoms with van der Waals surface area (Å²) in [7, 11) is 0. The normalized spacial score (nSPS) is 9.71. The van der Waals surface area contributed by atoms with E-state index in [2.05, 4.69) is 11.9 Å². The number of carbonyl (C=O) groups is 1. The van der Waals surface area contributed by atoms with Crippen LogP contribution in [0.4, 0.5) is 5.69 Å². The summed E-state index contributed by atoms with van der Waals surface area (Å²) in [5, 5.41) is 11.6. The number of hydrogen-bond donors (Lipinski definition) is 2. The highest BCUT2D eigenvalue weighted by Crippen LogP contribution is 2.21. The number of benzene rings is 1. The summed E-state index contributed by atoms with van der Waals surface area (Å²) in [5.74, 6) is -0.0671. The smallest absolute Gasteiger partial charge is 0.305 e. The van der Waals surface area contributed by atoms with Gasteiger partial charge in [0.1, 0.15) is 12.4 Å². The second-order valence-corrected chi connectivity index (χ2v) is 3.65. The molecule has 0 saturated carbocycles. The fourth-order valence-corrected chi connectivity index (χ4v) is 1.34. The van der Waals surface area contributed by atoms with Crippen LogP contribution in [-0.4, -0.2) is 24.2 Å². The van der Waals surface area contributed by atoms with Gasteiger partial charge in [-0.3, -0.25) is 4.79 Å². The van der Waals surface area contributed by atoms with E-state index < -0.39 is 5.97 Å². The van der Waals surface area contributed by atoms with E-state index in [0.717, 1.165) is 17.0 Å². The van der Waals surface area contributed by atoms with Crippen LogP contribution < -0.4 is 10.1 Å². The Morgan fingerprint density at radius 3 is 3.00 bits per heavy atom. The van der Waals surface area contributed by atoms with E-state index in [0.29, 0.717) is 13.2 Å². The molecule has 0 radical (unpaired) electrons. The topological polar surface area (TPSA) is 58.6 Å². The van der Waals surface area contributed by atoms with Gasteiger partial charge in [-0.2, -0.15) is 0 Å². The molecule has 1 aromatic rings. The molecule has 0 aliphatic heterocycles. The first-order valence-electron chi connectivity index (χ1n) is 5.43. The maximum absolute atomic E-state index is 10.4. The minimum absolute atomic E-state index is 0.0944. The number of aliphatic carboxylic acids is 1. The summed E-state index contributed by atoms with van der Waals surface area (Å²) < 4.78 is 5.40. The summed E-state index contributed by atoms with van der Waals surface area (Å²) in [6.07, 6.45) is 1.77. The summed E-state index contributed by atoms with van der Waals surface area (Å²) in [6.45, 7) is 6.40. The van der Waals surface area contributed by atoms with Crippen LogP contribution >= 0.6 is 0 Å². The molecule has 17 heavy (non-hydrogen) atoms. The lowest BCUT2D eigenvalue weighted by molar-refractivity contribution is -0.136. The first-order valence-corrected chi connectivity index (χ1v) is 5.43. The second-order valence-electron chi connectivity index (χ2n) is 3.65. The second kappa shape index (κ2) is 6.58. The van der Waals surface area contributed by atoms with Gasteiger partial charge in [-0.25, -0.2) is 0 Å². The van der Waals surface area contributed by atoms with Crippen LogP contribution in [0.15, 0.2) is 30.9 Å². The highest BCUT2D eigenvalue weighted by molar-refractivity contribution is 5.67. The molecular weight excluding hydrogens is 218 g/mol. The average Bonchev–Trinajstić information content (AvgIpc) is 2.29. The zero-order valence-corrected chi connectivity index (χ0v) is 9.90. The molecule has 2 N–H and O–H groups in total. The van der Waals surface area contributed by atoms with Crippen molar-refractivity contribution < 1.29 is 14.6 Å². The predicted molar refractivity (Wildman–Crippen MR) is 67.6 cm³/mol. The number of ether oxygens (including phenoxy) is 1. The largest absolute Gasteiger partial charge is 0.489 e. The first-order chi connectivity index (χ1) is 8.13. The average molecular weight is 235 g/mol. The van der Waals surface area contributed by atoms with Gasteiger partial charge in [-0.1, -0.05) is 18.7 Å². The Bertz CT molecular complexity index is 402. The molecule has 1 aromatic carbocycles. The van der Waals surface area contributed by atoms with Gasteiger partial charge >= 0.3 is 5.97 Å². The molecule has 0 aliphatic carbocycles. The van der Waals surface area contributed by atoms with Crippen molar-refractivity contribution >= 4 is 11.7 Å². The van der Waals surface area contributed by atoms with E-state index in [1.165, 1.54) is 0 Å². The Balaban J connectivity index is 2.62. The van der Waals surface area contributed by atoms with E-state index in [9.17, 15) is 4.79 Å². The molecule has 0 amide bonds. The third-order valence-corrected chi connectivity index (χ3v) is 2.23. The molecule has 0 bridgehead atoms. The highest BCUT2D eigenvalue weighted by Gasteiger charge is 2.02. The van der Waals surface area contributed by atoms with Crippen LogP contribution in [-0.2, 0) is 4.79 Å². The predicted octanol–water partition coefficient (Wildman–Crippen LogP) is 2.45. The van der Waals surface area contributed by atoms with Crippen molar-refractivity contribution in [3.05, 3.63) is 36.4 Å². The molecule has 0 unspecified atom stereocenters. The maximum Gasteiger partial charge on any atom is 0.305 e. The molecule has 0 saturated heterocycles. The lowest BCUT2D eigenvalue weighted by Gasteiger charge is -2.11. The van der Waals surface area contributed by atoms with Crippen molar-refractivity contribution in [2.75, 3.05) is 18.5 Å².